The van der Waals surface area contributed by atoms with Gasteiger partial charge in [-0.15, -0.1) is 0 Å². The summed E-state index contributed by atoms with van der Waals surface area (Å²) >= 11 is 0. The van der Waals surface area contributed by atoms with Crippen LogP contribution in [0.1, 0.15) is 18.6 Å². The second-order valence-electron chi connectivity index (χ2n) is 5.73. The maximum atomic E-state index is 12.8. The molecule has 0 unspecified atom stereocenters. The number of furan rings is 1. The molecule has 6 heteroatoms. The fourth-order valence-electron chi connectivity index (χ4n) is 2.79. The minimum absolute atomic E-state index is 0.0726. The van der Waals surface area contributed by atoms with Crippen molar-refractivity contribution >= 4 is 11.7 Å². The number of hydrogen-bond donors (Lipinski definition) is 1. The van der Waals surface area contributed by atoms with Gasteiger partial charge in [0.25, 0.3) is 0 Å². The van der Waals surface area contributed by atoms with Gasteiger partial charge in [0.15, 0.2) is 0 Å². The second-order valence-corrected chi connectivity index (χ2v) is 5.73. The number of benzene rings is 1. The quantitative estimate of drug-likeness (QED) is 0.880. The first-order valence-electron chi connectivity index (χ1n) is 8.09. The number of hydrogen-bond acceptors (Lipinski definition) is 4. The van der Waals surface area contributed by atoms with Crippen molar-refractivity contribution in [2.75, 3.05) is 25.6 Å². The maximum Gasteiger partial charge on any atom is 0.322 e. The summed E-state index contributed by atoms with van der Waals surface area (Å²) in [6.45, 7) is 1.68. The fourth-order valence-corrected chi connectivity index (χ4v) is 2.79. The average Bonchev–Trinajstić information content (AvgIpc) is 3.28. The molecule has 0 radical (unpaired) electrons. The lowest BCUT2D eigenvalue weighted by molar-refractivity contribution is 0.0803. The standard InChI is InChI=1S/C18H22N2O4/c1-22-17-9-3-2-8-16(17)19-18(21)20(12-14-6-4-10-23-14)13-15-7-5-11-24-15/h2-4,6,8-10,15H,5,7,11-13H2,1H3,(H,19,21)/t15-/m1/s1. The van der Waals surface area contributed by atoms with E-state index >= 15 is 0 Å². The fraction of sp³-hybridized carbons (Fsp3) is 0.389. The number of ether oxygens (including phenoxy) is 2. The van der Waals surface area contributed by atoms with Gasteiger partial charge in [-0.2, -0.15) is 0 Å². The zero-order valence-electron chi connectivity index (χ0n) is 13.7. The number of urea groups is 1. The van der Waals surface area contributed by atoms with Gasteiger partial charge in [0.05, 0.1) is 31.7 Å². The number of amides is 2. The molecule has 0 spiro atoms. The van der Waals surface area contributed by atoms with Crippen LogP contribution in [0.25, 0.3) is 0 Å². The number of nitrogens with zero attached hydrogens (tertiary/aromatic N) is 1. The van der Waals surface area contributed by atoms with Crippen LogP contribution >= 0.6 is 0 Å². The van der Waals surface area contributed by atoms with E-state index in [0.29, 0.717) is 24.5 Å². The third-order valence-corrected chi connectivity index (χ3v) is 4.01. The van der Waals surface area contributed by atoms with Crippen LogP contribution in [0.15, 0.2) is 47.1 Å². The third kappa shape index (κ3) is 4.08. The van der Waals surface area contributed by atoms with Gasteiger partial charge in [-0.05, 0) is 37.1 Å². The Kier molecular flexibility index (Phi) is 5.38. The van der Waals surface area contributed by atoms with Gasteiger partial charge in [-0.25, -0.2) is 4.79 Å². The molecule has 1 atom stereocenters. The van der Waals surface area contributed by atoms with Gasteiger partial charge in [-0.1, -0.05) is 12.1 Å². The van der Waals surface area contributed by atoms with Crippen molar-refractivity contribution in [3.63, 3.8) is 0 Å². The monoisotopic (exact) mass is 330 g/mol. The molecule has 0 bridgehead atoms. The van der Waals surface area contributed by atoms with E-state index in [-0.39, 0.29) is 12.1 Å². The summed E-state index contributed by atoms with van der Waals surface area (Å²) in [7, 11) is 1.58. The molecule has 0 saturated carbocycles. The largest absolute Gasteiger partial charge is 0.495 e. The van der Waals surface area contributed by atoms with Crippen LogP contribution < -0.4 is 10.1 Å². The smallest absolute Gasteiger partial charge is 0.322 e. The number of rotatable bonds is 6. The number of para-hydroxylation sites is 2. The third-order valence-electron chi connectivity index (χ3n) is 4.01. The van der Waals surface area contributed by atoms with E-state index in [9.17, 15) is 4.79 Å². The molecule has 2 heterocycles. The van der Waals surface area contributed by atoms with Gasteiger partial charge in [0, 0.05) is 13.2 Å². The predicted molar refractivity (Wildman–Crippen MR) is 90.1 cm³/mol. The van der Waals surface area contributed by atoms with E-state index in [4.69, 9.17) is 13.9 Å². The van der Waals surface area contributed by atoms with Crippen LogP contribution in [0.4, 0.5) is 10.5 Å². The van der Waals surface area contributed by atoms with Crippen LogP contribution in [0.5, 0.6) is 5.75 Å². The molecule has 1 aromatic carbocycles. The van der Waals surface area contributed by atoms with Crippen molar-refractivity contribution < 1.29 is 18.7 Å². The number of nitrogens with one attached hydrogen (secondary N) is 1. The molecule has 3 rings (SSSR count). The van der Waals surface area contributed by atoms with Crippen molar-refractivity contribution in [2.45, 2.75) is 25.5 Å². The SMILES string of the molecule is COc1ccccc1NC(=O)N(Cc1ccco1)C[C@H]1CCCO1. The molecule has 1 N–H and O–H groups in total. The van der Waals surface area contributed by atoms with Gasteiger partial charge in [-0.3, -0.25) is 0 Å². The topological polar surface area (TPSA) is 63.9 Å². The molecule has 128 valence electrons. The zero-order chi connectivity index (χ0) is 16.8. The van der Waals surface area contributed by atoms with Crippen LogP contribution in [0.2, 0.25) is 0 Å². The summed E-state index contributed by atoms with van der Waals surface area (Å²) in [4.78, 5) is 14.5. The Hall–Kier alpha value is -2.47. The molecule has 1 saturated heterocycles. The van der Waals surface area contributed by atoms with E-state index in [2.05, 4.69) is 5.32 Å². The van der Waals surface area contributed by atoms with Crippen molar-refractivity contribution in [1.82, 2.24) is 4.90 Å². The van der Waals surface area contributed by atoms with Crippen molar-refractivity contribution in [3.8, 4) is 5.75 Å². The Labute approximate surface area is 141 Å². The Morgan fingerprint density at radius 2 is 2.21 bits per heavy atom. The summed E-state index contributed by atoms with van der Waals surface area (Å²) in [5.41, 5.74) is 0.641. The van der Waals surface area contributed by atoms with E-state index in [0.717, 1.165) is 25.2 Å². The maximum absolute atomic E-state index is 12.8. The first-order chi connectivity index (χ1) is 11.8. The molecule has 2 aromatic rings. The lowest BCUT2D eigenvalue weighted by Crippen LogP contribution is -2.39. The lowest BCUT2D eigenvalue weighted by Gasteiger charge is -2.25. The minimum Gasteiger partial charge on any atom is -0.495 e. The minimum atomic E-state index is -0.202. The van der Waals surface area contributed by atoms with Crippen LogP contribution in [-0.4, -0.2) is 37.3 Å². The highest BCUT2D eigenvalue weighted by molar-refractivity contribution is 5.91. The Morgan fingerprint density at radius 3 is 2.92 bits per heavy atom. The van der Waals surface area contributed by atoms with Gasteiger partial charge in [0.2, 0.25) is 0 Å². The zero-order valence-corrected chi connectivity index (χ0v) is 13.7. The van der Waals surface area contributed by atoms with E-state index in [1.165, 1.54) is 0 Å². The number of anilines is 1. The highest BCUT2D eigenvalue weighted by atomic mass is 16.5. The molecule has 6 nitrogen and oxygen atoms in total. The Balaban J connectivity index is 1.71. The molecule has 2 amide bonds. The lowest BCUT2D eigenvalue weighted by atomic mass is 10.2. The molecule has 0 aliphatic carbocycles. The Bertz CT molecular complexity index is 651. The van der Waals surface area contributed by atoms with Gasteiger partial charge in [0.1, 0.15) is 11.5 Å². The number of carbonyl (C=O) groups excluding carboxylic acids is 1. The predicted octanol–water partition coefficient (Wildman–Crippen LogP) is 3.50. The molecule has 1 aromatic heterocycles. The van der Waals surface area contributed by atoms with Crippen molar-refractivity contribution in [2.24, 2.45) is 0 Å². The molecule has 24 heavy (non-hydrogen) atoms. The summed E-state index contributed by atoms with van der Waals surface area (Å²) in [5.74, 6) is 1.36. The van der Waals surface area contributed by atoms with E-state index in [1.54, 1.807) is 18.3 Å². The summed E-state index contributed by atoms with van der Waals surface area (Å²) in [6, 6.07) is 10.8. The van der Waals surface area contributed by atoms with Crippen LogP contribution in [0, 0.1) is 0 Å². The normalized spacial score (nSPS) is 16.8. The first kappa shape index (κ1) is 16.4. The number of carbonyl (C=O) groups is 1. The highest BCUT2D eigenvalue weighted by Gasteiger charge is 2.24. The average molecular weight is 330 g/mol. The van der Waals surface area contributed by atoms with E-state index in [1.807, 2.05) is 36.4 Å². The van der Waals surface area contributed by atoms with E-state index < -0.39 is 0 Å². The molecule has 1 fully saturated rings. The molecular formula is C18H22N2O4. The molecule has 1 aliphatic rings. The summed E-state index contributed by atoms with van der Waals surface area (Å²) < 4.78 is 16.3. The number of methoxy groups -OCH3 is 1. The van der Waals surface area contributed by atoms with Crippen molar-refractivity contribution in [3.05, 3.63) is 48.4 Å². The first-order valence-corrected chi connectivity index (χ1v) is 8.09. The second kappa shape index (κ2) is 7.88. The summed E-state index contributed by atoms with van der Waals surface area (Å²) in [5, 5.41) is 2.91. The summed E-state index contributed by atoms with van der Waals surface area (Å²) in [6.07, 6.45) is 3.69. The molecular weight excluding hydrogens is 308 g/mol. The van der Waals surface area contributed by atoms with Gasteiger partial charge < -0.3 is 24.1 Å². The Morgan fingerprint density at radius 1 is 1.33 bits per heavy atom. The van der Waals surface area contributed by atoms with Crippen LogP contribution in [0.3, 0.4) is 0 Å². The van der Waals surface area contributed by atoms with Crippen molar-refractivity contribution in [1.29, 1.82) is 0 Å². The van der Waals surface area contributed by atoms with Crippen LogP contribution in [-0.2, 0) is 11.3 Å². The highest BCUT2D eigenvalue weighted by Crippen LogP contribution is 2.24. The van der Waals surface area contributed by atoms with Gasteiger partial charge >= 0.3 is 6.03 Å². The molecule has 1 aliphatic heterocycles.